The lowest BCUT2D eigenvalue weighted by Crippen LogP contribution is -2.40. The smallest absolute Gasteiger partial charge is 0.107 e. The van der Waals surface area contributed by atoms with Gasteiger partial charge in [-0.15, -0.1) is 11.3 Å². The van der Waals surface area contributed by atoms with Crippen molar-refractivity contribution in [3.8, 4) is 0 Å². The van der Waals surface area contributed by atoms with Crippen LogP contribution in [0.2, 0.25) is 0 Å². The number of nitrogens with zero attached hydrogens (tertiary/aromatic N) is 2. The highest BCUT2D eigenvalue weighted by molar-refractivity contribution is 7.09. The zero-order valence-corrected chi connectivity index (χ0v) is 10.6. The molecule has 2 atom stereocenters. The molecule has 88 valence electrons. The average molecular weight is 237 g/mol. The number of rotatable bonds is 2. The molecule has 1 aromatic heterocycles. The Balaban J connectivity index is 1.61. The summed E-state index contributed by atoms with van der Waals surface area (Å²) in [4.78, 5) is 7.11. The molecule has 2 fully saturated rings. The molecule has 3 nitrogen and oxygen atoms in total. The van der Waals surface area contributed by atoms with Crippen molar-refractivity contribution < 1.29 is 0 Å². The number of nitrogens with one attached hydrogen (secondary N) is 1. The molecule has 0 saturated carbocycles. The highest BCUT2D eigenvalue weighted by Gasteiger charge is 2.34. The number of aryl methyl sites for hydroxylation is 1. The number of hydrogen-bond acceptors (Lipinski definition) is 4. The zero-order valence-electron chi connectivity index (χ0n) is 9.78. The van der Waals surface area contributed by atoms with Crippen LogP contribution in [0.15, 0.2) is 5.38 Å². The highest BCUT2D eigenvalue weighted by atomic mass is 32.1. The van der Waals surface area contributed by atoms with Crippen molar-refractivity contribution in [3.63, 3.8) is 0 Å². The van der Waals surface area contributed by atoms with Crippen molar-refractivity contribution in [2.75, 3.05) is 19.6 Å². The lowest BCUT2D eigenvalue weighted by molar-refractivity contribution is 0.312. The van der Waals surface area contributed by atoms with Crippen molar-refractivity contribution in [1.29, 1.82) is 0 Å². The Morgan fingerprint density at radius 2 is 2.50 bits per heavy atom. The van der Waals surface area contributed by atoms with Crippen LogP contribution in [-0.2, 0) is 6.54 Å². The summed E-state index contributed by atoms with van der Waals surface area (Å²) in [7, 11) is 0. The second-order valence-corrected chi connectivity index (χ2v) is 5.98. The van der Waals surface area contributed by atoms with Crippen LogP contribution in [0.3, 0.4) is 0 Å². The molecule has 0 aliphatic carbocycles. The van der Waals surface area contributed by atoms with E-state index in [0.29, 0.717) is 0 Å². The van der Waals surface area contributed by atoms with E-state index in [-0.39, 0.29) is 0 Å². The van der Waals surface area contributed by atoms with Crippen LogP contribution in [0.25, 0.3) is 0 Å². The van der Waals surface area contributed by atoms with E-state index in [4.69, 9.17) is 0 Å². The standard InChI is InChI=1S/C12H19N3S/c1-9-8-16-12(14-9)7-15-5-10-3-2-4-13-11(10)6-15/h8,10-11,13H,2-7H2,1H3/t10-,11+/m0/s1. The molecule has 1 N–H and O–H groups in total. The molecule has 0 spiro atoms. The second-order valence-electron chi connectivity index (χ2n) is 5.04. The van der Waals surface area contributed by atoms with Crippen LogP contribution in [-0.4, -0.2) is 35.6 Å². The molecule has 1 aromatic rings. The van der Waals surface area contributed by atoms with Gasteiger partial charge in [0.15, 0.2) is 0 Å². The largest absolute Gasteiger partial charge is 0.312 e. The molecular formula is C12H19N3S. The molecule has 4 heteroatoms. The number of hydrogen-bond donors (Lipinski definition) is 1. The van der Waals surface area contributed by atoms with E-state index in [9.17, 15) is 0 Å². The molecule has 0 amide bonds. The third-order valence-electron chi connectivity index (χ3n) is 3.70. The number of thiazole rings is 1. The lowest BCUT2D eigenvalue weighted by Gasteiger charge is -2.24. The van der Waals surface area contributed by atoms with E-state index in [2.05, 4.69) is 27.5 Å². The molecule has 0 bridgehead atoms. The SMILES string of the molecule is Cc1csc(CN2C[C@@H]3CCCN[C@@H]3C2)n1. The summed E-state index contributed by atoms with van der Waals surface area (Å²) in [6.45, 7) is 6.81. The summed E-state index contributed by atoms with van der Waals surface area (Å²) in [6.07, 6.45) is 2.76. The summed E-state index contributed by atoms with van der Waals surface area (Å²) in [5.74, 6) is 0.884. The first kappa shape index (κ1) is 10.7. The highest BCUT2D eigenvalue weighted by Crippen LogP contribution is 2.26. The van der Waals surface area contributed by atoms with Gasteiger partial charge >= 0.3 is 0 Å². The topological polar surface area (TPSA) is 28.2 Å². The number of aromatic nitrogens is 1. The van der Waals surface area contributed by atoms with Crippen LogP contribution in [0.5, 0.6) is 0 Å². The average Bonchev–Trinajstić information content (AvgIpc) is 2.84. The normalized spacial score (nSPS) is 30.6. The minimum absolute atomic E-state index is 0.745. The van der Waals surface area contributed by atoms with Crippen LogP contribution in [0.1, 0.15) is 23.5 Å². The van der Waals surface area contributed by atoms with Crippen molar-refractivity contribution in [3.05, 3.63) is 16.1 Å². The Morgan fingerprint density at radius 3 is 3.25 bits per heavy atom. The monoisotopic (exact) mass is 237 g/mol. The van der Waals surface area contributed by atoms with Crippen LogP contribution in [0.4, 0.5) is 0 Å². The minimum Gasteiger partial charge on any atom is -0.312 e. The van der Waals surface area contributed by atoms with E-state index >= 15 is 0 Å². The molecule has 3 heterocycles. The Bertz CT molecular complexity index is 349. The third kappa shape index (κ3) is 2.14. The van der Waals surface area contributed by atoms with Crippen LogP contribution in [0, 0.1) is 12.8 Å². The molecule has 3 rings (SSSR count). The van der Waals surface area contributed by atoms with E-state index in [1.54, 1.807) is 11.3 Å². The predicted molar refractivity (Wildman–Crippen MR) is 66.6 cm³/mol. The zero-order chi connectivity index (χ0) is 11.0. The second kappa shape index (κ2) is 4.43. The predicted octanol–water partition coefficient (Wildman–Crippen LogP) is 1.64. The van der Waals surface area contributed by atoms with Gasteiger partial charge in [0.05, 0.1) is 6.54 Å². The summed E-state index contributed by atoms with van der Waals surface area (Å²) < 4.78 is 0. The lowest BCUT2D eigenvalue weighted by atomic mass is 9.94. The number of fused-ring (bicyclic) bond motifs is 1. The number of likely N-dealkylation sites (tertiary alicyclic amines) is 1. The molecule has 16 heavy (non-hydrogen) atoms. The van der Waals surface area contributed by atoms with Gasteiger partial charge in [-0.2, -0.15) is 0 Å². The molecule has 0 radical (unpaired) electrons. The van der Waals surface area contributed by atoms with Gasteiger partial charge in [0.25, 0.3) is 0 Å². The van der Waals surface area contributed by atoms with Gasteiger partial charge in [0.1, 0.15) is 5.01 Å². The molecule has 0 unspecified atom stereocenters. The maximum Gasteiger partial charge on any atom is 0.107 e. The summed E-state index contributed by atoms with van der Waals surface area (Å²) in [6, 6.07) is 0.745. The first-order valence-corrected chi connectivity index (χ1v) is 7.06. The van der Waals surface area contributed by atoms with Gasteiger partial charge in [0, 0.05) is 30.2 Å². The summed E-state index contributed by atoms with van der Waals surface area (Å²) in [5.41, 5.74) is 1.16. The van der Waals surface area contributed by atoms with Crippen molar-refractivity contribution in [1.82, 2.24) is 15.2 Å². The molecular weight excluding hydrogens is 218 g/mol. The first-order valence-electron chi connectivity index (χ1n) is 6.18. The van der Waals surface area contributed by atoms with E-state index in [1.165, 1.54) is 37.5 Å². The fraction of sp³-hybridized carbons (Fsp3) is 0.750. The van der Waals surface area contributed by atoms with E-state index in [1.807, 2.05) is 0 Å². The van der Waals surface area contributed by atoms with Crippen molar-refractivity contribution in [2.45, 2.75) is 32.4 Å². The van der Waals surface area contributed by atoms with Gasteiger partial charge < -0.3 is 5.32 Å². The van der Waals surface area contributed by atoms with Crippen molar-refractivity contribution >= 4 is 11.3 Å². The Morgan fingerprint density at radius 1 is 1.56 bits per heavy atom. The Hall–Kier alpha value is -0.450. The van der Waals surface area contributed by atoms with E-state index in [0.717, 1.165) is 24.2 Å². The number of piperidine rings is 1. The van der Waals surface area contributed by atoms with Gasteiger partial charge in [0.2, 0.25) is 0 Å². The van der Waals surface area contributed by atoms with Crippen LogP contribution >= 0.6 is 11.3 Å². The van der Waals surface area contributed by atoms with Gasteiger partial charge in [-0.25, -0.2) is 4.98 Å². The summed E-state index contributed by atoms with van der Waals surface area (Å²) >= 11 is 1.80. The third-order valence-corrected chi connectivity index (χ3v) is 4.65. The maximum absolute atomic E-state index is 4.55. The van der Waals surface area contributed by atoms with Gasteiger partial charge in [-0.3, -0.25) is 4.90 Å². The fourth-order valence-electron chi connectivity index (χ4n) is 2.93. The fourth-order valence-corrected chi connectivity index (χ4v) is 3.74. The van der Waals surface area contributed by atoms with E-state index < -0.39 is 0 Å². The molecule has 0 aromatic carbocycles. The minimum atomic E-state index is 0.745. The Kier molecular flexibility index (Phi) is 2.96. The Labute approximate surface area is 101 Å². The molecule has 2 aliphatic heterocycles. The van der Waals surface area contributed by atoms with Gasteiger partial charge in [-0.1, -0.05) is 0 Å². The summed E-state index contributed by atoms with van der Waals surface area (Å²) in [5, 5.41) is 7.07. The molecule has 2 saturated heterocycles. The quantitative estimate of drug-likeness (QED) is 0.847. The first-order chi connectivity index (χ1) is 7.81. The van der Waals surface area contributed by atoms with Crippen LogP contribution < -0.4 is 5.32 Å². The molecule has 2 aliphatic rings. The maximum atomic E-state index is 4.55. The van der Waals surface area contributed by atoms with Crippen molar-refractivity contribution in [2.24, 2.45) is 5.92 Å². The van der Waals surface area contributed by atoms with Gasteiger partial charge in [-0.05, 0) is 32.2 Å².